The van der Waals surface area contributed by atoms with E-state index in [4.69, 9.17) is 5.73 Å². The molecule has 0 aliphatic carbocycles. The molecule has 0 heterocycles. The number of hydrogen-bond donors (Lipinski definition) is 1. The van der Waals surface area contributed by atoms with Crippen molar-refractivity contribution in [2.75, 3.05) is 5.73 Å². The number of aryl methyl sites for hydroxylation is 1. The first kappa shape index (κ1) is 12.1. The van der Waals surface area contributed by atoms with E-state index >= 15 is 0 Å². The lowest BCUT2D eigenvalue weighted by Crippen LogP contribution is -2.00. The summed E-state index contributed by atoms with van der Waals surface area (Å²) >= 11 is 0. The van der Waals surface area contributed by atoms with Crippen LogP contribution in [0.15, 0.2) is 18.2 Å². The van der Waals surface area contributed by atoms with Gasteiger partial charge in [-0.05, 0) is 47.9 Å². The highest BCUT2D eigenvalue weighted by Gasteiger charge is 2.07. The fourth-order valence-corrected chi connectivity index (χ4v) is 1.82. The summed E-state index contributed by atoms with van der Waals surface area (Å²) < 4.78 is 0. The zero-order chi connectivity index (χ0) is 11.4. The van der Waals surface area contributed by atoms with Crippen LogP contribution in [-0.2, 0) is 6.42 Å². The fraction of sp³-hybridized carbons (Fsp3) is 0.571. The maximum absolute atomic E-state index is 5.82. The van der Waals surface area contributed by atoms with E-state index < -0.39 is 0 Å². The van der Waals surface area contributed by atoms with E-state index in [1.54, 1.807) is 0 Å². The molecular formula is C14H23N. The van der Waals surface area contributed by atoms with Crippen molar-refractivity contribution in [2.24, 2.45) is 5.92 Å². The topological polar surface area (TPSA) is 26.0 Å². The molecule has 0 aliphatic heterocycles. The molecule has 1 heteroatoms. The molecule has 1 rings (SSSR count). The van der Waals surface area contributed by atoms with E-state index in [1.165, 1.54) is 24.0 Å². The summed E-state index contributed by atoms with van der Waals surface area (Å²) in [6.45, 7) is 9.00. The summed E-state index contributed by atoms with van der Waals surface area (Å²) in [4.78, 5) is 0. The minimum Gasteiger partial charge on any atom is -0.399 e. The summed E-state index contributed by atoms with van der Waals surface area (Å²) in [5.74, 6) is 1.33. The third-order valence-electron chi connectivity index (χ3n) is 2.78. The van der Waals surface area contributed by atoms with Crippen molar-refractivity contribution in [3.8, 4) is 0 Å². The Morgan fingerprint density at radius 1 is 1.13 bits per heavy atom. The minimum atomic E-state index is 0.565. The van der Waals surface area contributed by atoms with Crippen molar-refractivity contribution >= 4 is 5.69 Å². The van der Waals surface area contributed by atoms with Gasteiger partial charge in [0.05, 0.1) is 0 Å². The molecule has 1 aromatic carbocycles. The van der Waals surface area contributed by atoms with Crippen molar-refractivity contribution in [2.45, 2.75) is 46.5 Å². The Bertz CT molecular complexity index is 313. The first-order valence-electron chi connectivity index (χ1n) is 5.89. The van der Waals surface area contributed by atoms with Crippen molar-refractivity contribution in [1.29, 1.82) is 0 Å². The molecule has 2 N–H and O–H groups in total. The van der Waals surface area contributed by atoms with Gasteiger partial charge in [-0.3, -0.25) is 0 Å². The summed E-state index contributed by atoms with van der Waals surface area (Å²) in [5, 5.41) is 0. The van der Waals surface area contributed by atoms with Gasteiger partial charge in [-0.15, -0.1) is 0 Å². The van der Waals surface area contributed by atoms with Crippen LogP contribution in [0.1, 0.15) is 51.2 Å². The van der Waals surface area contributed by atoms with E-state index in [1.807, 2.05) is 6.07 Å². The first-order valence-corrected chi connectivity index (χ1v) is 5.89. The first-order chi connectivity index (χ1) is 7.00. The van der Waals surface area contributed by atoms with E-state index in [-0.39, 0.29) is 0 Å². The zero-order valence-corrected chi connectivity index (χ0v) is 10.4. The van der Waals surface area contributed by atoms with Crippen molar-refractivity contribution in [3.05, 3.63) is 29.3 Å². The average Bonchev–Trinajstić information content (AvgIpc) is 2.15. The van der Waals surface area contributed by atoms with Gasteiger partial charge in [-0.25, -0.2) is 0 Å². The Hall–Kier alpha value is -0.980. The normalized spacial score (nSPS) is 11.3. The largest absolute Gasteiger partial charge is 0.399 e. The minimum absolute atomic E-state index is 0.565. The second kappa shape index (κ2) is 5.20. The molecule has 0 bridgehead atoms. The molecule has 0 aliphatic rings. The van der Waals surface area contributed by atoms with Gasteiger partial charge < -0.3 is 5.73 Å². The van der Waals surface area contributed by atoms with Crippen LogP contribution in [0, 0.1) is 5.92 Å². The van der Waals surface area contributed by atoms with Gasteiger partial charge in [-0.2, -0.15) is 0 Å². The molecule has 1 nitrogen and oxygen atoms in total. The monoisotopic (exact) mass is 205 g/mol. The van der Waals surface area contributed by atoms with Gasteiger partial charge in [0.2, 0.25) is 0 Å². The highest BCUT2D eigenvalue weighted by Crippen LogP contribution is 2.24. The van der Waals surface area contributed by atoms with Crippen LogP contribution in [0.2, 0.25) is 0 Å². The molecule has 15 heavy (non-hydrogen) atoms. The van der Waals surface area contributed by atoms with Crippen LogP contribution in [0.3, 0.4) is 0 Å². The van der Waals surface area contributed by atoms with Crippen LogP contribution in [0.4, 0.5) is 5.69 Å². The third-order valence-corrected chi connectivity index (χ3v) is 2.78. The second-order valence-electron chi connectivity index (χ2n) is 5.05. The number of anilines is 1. The second-order valence-corrected chi connectivity index (χ2v) is 5.05. The lowest BCUT2D eigenvalue weighted by atomic mass is 9.92. The van der Waals surface area contributed by atoms with Gasteiger partial charge >= 0.3 is 0 Å². The Kier molecular flexibility index (Phi) is 4.19. The number of nitrogens with two attached hydrogens (primary N) is 1. The highest BCUT2D eigenvalue weighted by atomic mass is 14.5. The van der Waals surface area contributed by atoms with E-state index in [0.717, 1.165) is 11.6 Å². The molecule has 0 fully saturated rings. The highest BCUT2D eigenvalue weighted by molar-refractivity contribution is 5.46. The van der Waals surface area contributed by atoms with Crippen molar-refractivity contribution in [3.63, 3.8) is 0 Å². The molecule has 0 saturated carbocycles. The molecular weight excluding hydrogens is 182 g/mol. The quantitative estimate of drug-likeness (QED) is 0.739. The molecule has 0 spiro atoms. The number of nitrogen functional groups attached to an aromatic ring is 1. The predicted octanol–water partition coefficient (Wildman–Crippen LogP) is 3.98. The average molecular weight is 205 g/mol. The summed E-state index contributed by atoms with van der Waals surface area (Å²) in [6.07, 6.45) is 2.43. The summed E-state index contributed by atoms with van der Waals surface area (Å²) in [5.41, 5.74) is 9.58. The smallest absolute Gasteiger partial charge is 0.0317 e. The predicted molar refractivity (Wildman–Crippen MR) is 68.1 cm³/mol. The fourth-order valence-electron chi connectivity index (χ4n) is 1.82. The van der Waals surface area contributed by atoms with Crippen molar-refractivity contribution < 1.29 is 0 Å². The Labute approximate surface area is 93.7 Å². The van der Waals surface area contributed by atoms with Gasteiger partial charge in [0.15, 0.2) is 0 Å². The van der Waals surface area contributed by atoms with Gasteiger partial charge in [0, 0.05) is 5.69 Å². The van der Waals surface area contributed by atoms with Crippen LogP contribution in [-0.4, -0.2) is 0 Å². The Morgan fingerprint density at radius 3 is 2.33 bits per heavy atom. The SMILES string of the molecule is CC(C)CCc1ccc(N)cc1C(C)C. The van der Waals surface area contributed by atoms with Gasteiger partial charge in [0.1, 0.15) is 0 Å². The number of hydrogen-bond acceptors (Lipinski definition) is 1. The third kappa shape index (κ3) is 3.58. The zero-order valence-electron chi connectivity index (χ0n) is 10.4. The van der Waals surface area contributed by atoms with Crippen LogP contribution < -0.4 is 5.73 Å². The van der Waals surface area contributed by atoms with E-state index in [0.29, 0.717) is 5.92 Å². The molecule has 0 unspecified atom stereocenters. The molecule has 1 aromatic rings. The molecule has 0 radical (unpaired) electrons. The maximum Gasteiger partial charge on any atom is 0.0317 e. The summed E-state index contributed by atoms with van der Waals surface area (Å²) in [6, 6.07) is 6.33. The van der Waals surface area contributed by atoms with E-state index in [2.05, 4.69) is 39.8 Å². The van der Waals surface area contributed by atoms with Gasteiger partial charge in [-0.1, -0.05) is 33.8 Å². The van der Waals surface area contributed by atoms with Crippen LogP contribution >= 0.6 is 0 Å². The lowest BCUT2D eigenvalue weighted by molar-refractivity contribution is 0.583. The molecule has 84 valence electrons. The standard InChI is InChI=1S/C14H23N/c1-10(2)5-6-12-7-8-13(15)9-14(12)11(3)4/h7-11H,5-6,15H2,1-4H3. The number of benzene rings is 1. The van der Waals surface area contributed by atoms with Crippen LogP contribution in [0.25, 0.3) is 0 Å². The molecule has 0 aromatic heterocycles. The van der Waals surface area contributed by atoms with E-state index in [9.17, 15) is 0 Å². The van der Waals surface area contributed by atoms with Gasteiger partial charge in [0.25, 0.3) is 0 Å². The molecule has 0 saturated heterocycles. The Balaban J connectivity index is 2.86. The Morgan fingerprint density at radius 2 is 1.80 bits per heavy atom. The molecule has 0 atom stereocenters. The number of rotatable bonds is 4. The maximum atomic E-state index is 5.82. The van der Waals surface area contributed by atoms with Crippen molar-refractivity contribution in [1.82, 2.24) is 0 Å². The molecule has 0 amide bonds. The lowest BCUT2D eigenvalue weighted by Gasteiger charge is -2.14. The summed E-state index contributed by atoms with van der Waals surface area (Å²) in [7, 11) is 0. The van der Waals surface area contributed by atoms with Crippen LogP contribution in [0.5, 0.6) is 0 Å².